The zero-order valence-electron chi connectivity index (χ0n) is 12.2. The number of hydrogen-bond acceptors (Lipinski definition) is 4. The van der Waals surface area contributed by atoms with Crippen LogP contribution in [0.15, 0.2) is 0 Å². The number of nitrogens with zero attached hydrogens (tertiary/aromatic N) is 2. The quantitative estimate of drug-likeness (QED) is 0.888. The first-order valence-corrected chi connectivity index (χ1v) is 7.68. The Bertz CT molecular complexity index is 402. The molecule has 0 aliphatic heterocycles. The Kier molecular flexibility index (Phi) is 3.97. The van der Waals surface area contributed by atoms with E-state index >= 15 is 0 Å². The molecule has 1 fully saturated rings. The molecule has 1 heterocycles. The van der Waals surface area contributed by atoms with Crippen molar-refractivity contribution in [2.24, 2.45) is 0 Å². The maximum absolute atomic E-state index is 4.86. The maximum atomic E-state index is 4.86. The number of anilines is 1. The Morgan fingerprint density at radius 1 is 1.39 bits per heavy atom. The van der Waals surface area contributed by atoms with Gasteiger partial charge in [0.2, 0.25) is 0 Å². The van der Waals surface area contributed by atoms with Gasteiger partial charge < -0.3 is 10.2 Å². The molecule has 0 amide bonds. The van der Waals surface area contributed by atoms with E-state index in [4.69, 9.17) is 4.98 Å². The standard InChI is InChI=1S/C14H25N3S/c1-6-17(5)13-16-12(14(2,3)4)11(18-13)9-15-10-7-8-10/h10,15H,6-9H2,1-5H3. The Hall–Kier alpha value is -0.610. The van der Waals surface area contributed by atoms with Crippen LogP contribution < -0.4 is 10.2 Å². The second-order valence-corrected chi connectivity index (χ2v) is 7.25. The molecule has 0 radical (unpaired) electrons. The van der Waals surface area contributed by atoms with Gasteiger partial charge in [-0.2, -0.15) is 0 Å². The molecule has 0 atom stereocenters. The molecule has 2 rings (SSSR count). The number of aromatic nitrogens is 1. The summed E-state index contributed by atoms with van der Waals surface area (Å²) in [6.45, 7) is 10.9. The summed E-state index contributed by atoms with van der Waals surface area (Å²) in [4.78, 5) is 8.48. The van der Waals surface area contributed by atoms with E-state index in [1.807, 2.05) is 11.3 Å². The van der Waals surface area contributed by atoms with Gasteiger partial charge in [0.1, 0.15) is 0 Å². The van der Waals surface area contributed by atoms with Crippen LogP contribution >= 0.6 is 11.3 Å². The van der Waals surface area contributed by atoms with E-state index < -0.39 is 0 Å². The largest absolute Gasteiger partial charge is 0.351 e. The van der Waals surface area contributed by atoms with Crippen molar-refractivity contribution in [3.05, 3.63) is 10.6 Å². The summed E-state index contributed by atoms with van der Waals surface area (Å²) >= 11 is 1.84. The number of nitrogens with one attached hydrogen (secondary N) is 1. The molecule has 0 unspecified atom stereocenters. The number of rotatable bonds is 5. The molecule has 1 aliphatic rings. The van der Waals surface area contributed by atoms with Gasteiger partial charge in [0.15, 0.2) is 5.13 Å². The topological polar surface area (TPSA) is 28.2 Å². The molecule has 0 bridgehead atoms. The van der Waals surface area contributed by atoms with Gasteiger partial charge in [-0.15, -0.1) is 11.3 Å². The van der Waals surface area contributed by atoms with Crippen LogP contribution in [0.4, 0.5) is 5.13 Å². The van der Waals surface area contributed by atoms with Crippen LogP contribution in [0.25, 0.3) is 0 Å². The zero-order valence-corrected chi connectivity index (χ0v) is 13.0. The van der Waals surface area contributed by atoms with Gasteiger partial charge in [0.05, 0.1) is 5.69 Å². The summed E-state index contributed by atoms with van der Waals surface area (Å²) in [5, 5.41) is 4.76. The van der Waals surface area contributed by atoms with Gasteiger partial charge >= 0.3 is 0 Å². The van der Waals surface area contributed by atoms with Gasteiger partial charge in [-0.3, -0.25) is 0 Å². The van der Waals surface area contributed by atoms with Crippen molar-refractivity contribution in [3.63, 3.8) is 0 Å². The average molecular weight is 267 g/mol. The van der Waals surface area contributed by atoms with E-state index in [1.165, 1.54) is 23.4 Å². The van der Waals surface area contributed by atoms with Crippen molar-refractivity contribution >= 4 is 16.5 Å². The van der Waals surface area contributed by atoms with Crippen LogP contribution in [0, 0.1) is 0 Å². The summed E-state index contributed by atoms with van der Waals surface area (Å²) in [7, 11) is 2.11. The minimum atomic E-state index is 0.129. The molecule has 102 valence electrons. The van der Waals surface area contributed by atoms with Crippen molar-refractivity contribution in [2.75, 3.05) is 18.5 Å². The summed E-state index contributed by atoms with van der Waals surface area (Å²) in [5.41, 5.74) is 1.39. The fraction of sp³-hybridized carbons (Fsp3) is 0.786. The van der Waals surface area contributed by atoms with Crippen LogP contribution in [-0.2, 0) is 12.0 Å². The molecular weight excluding hydrogens is 242 g/mol. The highest BCUT2D eigenvalue weighted by molar-refractivity contribution is 7.15. The van der Waals surface area contributed by atoms with E-state index in [0.717, 1.165) is 24.3 Å². The maximum Gasteiger partial charge on any atom is 0.185 e. The van der Waals surface area contributed by atoms with Gasteiger partial charge in [0, 0.05) is 36.5 Å². The average Bonchev–Trinajstić information content (AvgIpc) is 3.02. The van der Waals surface area contributed by atoms with Crippen molar-refractivity contribution in [2.45, 2.75) is 58.5 Å². The molecule has 1 saturated carbocycles. The van der Waals surface area contributed by atoms with Gasteiger partial charge in [0.25, 0.3) is 0 Å². The van der Waals surface area contributed by atoms with E-state index in [0.29, 0.717) is 0 Å². The Morgan fingerprint density at radius 2 is 2.06 bits per heavy atom. The highest BCUT2D eigenvalue weighted by Gasteiger charge is 2.26. The highest BCUT2D eigenvalue weighted by atomic mass is 32.1. The molecule has 0 spiro atoms. The minimum absolute atomic E-state index is 0.129. The third-order valence-electron chi connectivity index (χ3n) is 3.33. The van der Waals surface area contributed by atoms with Gasteiger partial charge in [-0.05, 0) is 19.8 Å². The molecule has 18 heavy (non-hydrogen) atoms. The summed E-state index contributed by atoms with van der Waals surface area (Å²) in [6.07, 6.45) is 2.68. The third-order valence-corrected chi connectivity index (χ3v) is 4.50. The lowest BCUT2D eigenvalue weighted by Crippen LogP contribution is -2.20. The molecule has 3 nitrogen and oxygen atoms in total. The second kappa shape index (κ2) is 5.17. The third kappa shape index (κ3) is 3.23. The normalized spacial score (nSPS) is 16.1. The number of thiazole rings is 1. The monoisotopic (exact) mass is 267 g/mol. The molecule has 0 saturated heterocycles. The Labute approximate surface area is 115 Å². The molecular formula is C14H25N3S. The van der Waals surface area contributed by atoms with Crippen molar-refractivity contribution < 1.29 is 0 Å². The fourth-order valence-electron chi connectivity index (χ4n) is 1.87. The predicted octanol–water partition coefficient (Wildman–Crippen LogP) is 3.15. The van der Waals surface area contributed by atoms with Crippen LogP contribution in [0.3, 0.4) is 0 Å². The smallest absolute Gasteiger partial charge is 0.185 e. The first-order chi connectivity index (χ1) is 8.41. The first-order valence-electron chi connectivity index (χ1n) is 6.86. The summed E-state index contributed by atoms with van der Waals surface area (Å²) < 4.78 is 0. The first kappa shape index (κ1) is 13.8. The Morgan fingerprint density at radius 3 is 2.56 bits per heavy atom. The minimum Gasteiger partial charge on any atom is -0.351 e. The van der Waals surface area contributed by atoms with Gasteiger partial charge in [-0.25, -0.2) is 4.98 Å². The number of hydrogen-bond donors (Lipinski definition) is 1. The SMILES string of the molecule is CCN(C)c1nc(C(C)(C)C)c(CNC2CC2)s1. The lowest BCUT2D eigenvalue weighted by molar-refractivity contribution is 0.559. The lowest BCUT2D eigenvalue weighted by atomic mass is 9.91. The predicted molar refractivity (Wildman–Crippen MR) is 79.6 cm³/mol. The van der Waals surface area contributed by atoms with E-state index in [2.05, 4.69) is 45.0 Å². The van der Waals surface area contributed by atoms with Gasteiger partial charge in [-0.1, -0.05) is 20.8 Å². The van der Waals surface area contributed by atoms with Crippen LogP contribution in [0.1, 0.15) is 51.1 Å². The summed E-state index contributed by atoms with van der Waals surface area (Å²) in [5.74, 6) is 0. The molecule has 1 aliphatic carbocycles. The molecule has 1 N–H and O–H groups in total. The van der Waals surface area contributed by atoms with Crippen LogP contribution in [0.2, 0.25) is 0 Å². The van der Waals surface area contributed by atoms with Crippen molar-refractivity contribution in [3.8, 4) is 0 Å². The summed E-state index contributed by atoms with van der Waals surface area (Å²) in [6, 6.07) is 0.757. The van der Waals surface area contributed by atoms with Crippen LogP contribution in [-0.4, -0.2) is 24.6 Å². The fourth-order valence-corrected chi connectivity index (χ4v) is 3.11. The van der Waals surface area contributed by atoms with E-state index in [9.17, 15) is 0 Å². The van der Waals surface area contributed by atoms with Crippen molar-refractivity contribution in [1.29, 1.82) is 0 Å². The van der Waals surface area contributed by atoms with Crippen molar-refractivity contribution in [1.82, 2.24) is 10.3 Å². The molecule has 0 aromatic carbocycles. The van der Waals surface area contributed by atoms with E-state index in [1.54, 1.807) is 0 Å². The molecule has 1 aromatic rings. The lowest BCUT2D eigenvalue weighted by Gasteiger charge is -2.18. The highest BCUT2D eigenvalue weighted by Crippen LogP contribution is 2.34. The Balaban J connectivity index is 2.20. The molecule has 1 aromatic heterocycles. The van der Waals surface area contributed by atoms with E-state index in [-0.39, 0.29) is 5.41 Å². The molecule has 4 heteroatoms. The van der Waals surface area contributed by atoms with Crippen LogP contribution in [0.5, 0.6) is 0 Å². The zero-order chi connectivity index (χ0) is 13.3. The second-order valence-electron chi connectivity index (χ2n) is 6.19.